The quantitative estimate of drug-likeness (QED) is 0.637. The first-order valence-electron chi connectivity index (χ1n) is 5.83. The van der Waals surface area contributed by atoms with E-state index in [1.165, 1.54) is 14.2 Å². The van der Waals surface area contributed by atoms with Gasteiger partial charge in [-0.3, -0.25) is 0 Å². The van der Waals surface area contributed by atoms with E-state index in [-0.39, 0.29) is 11.8 Å². The lowest BCUT2D eigenvalue weighted by Crippen LogP contribution is -2.60. The third-order valence-electron chi connectivity index (χ3n) is 2.81. The van der Waals surface area contributed by atoms with Crippen molar-refractivity contribution >= 4 is 17.4 Å². The number of thiocarbonyl (C=S) groups is 1. The zero-order valence-electron chi connectivity index (χ0n) is 11.5. The lowest BCUT2D eigenvalue weighted by Gasteiger charge is -2.41. The van der Waals surface area contributed by atoms with Crippen molar-refractivity contribution in [3.05, 3.63) is 0 Å². The van der Waals surface area contributed by atoms with E-state index in [4.69, 9.17) is 31.2 Å². The molecule has 1 fully saturated rings. The van der Waals surface area contributed by atoms with Crippen molar-refractivity contribution in [2.45, 2.75) is 30.7 Å². The van der Waals surface area contributed by atoms with Gasteiger partial charge in [-0.1, -0.05) is 0 Å². The molecular formula is C11H21NO6S. The highest BCUT2D eigenvalue weighted by Gasteiger charge is 2.46. The smallest absolute Gasteiger partial charge is 0.259 e. The zero-order valence-corrected chi connectivity index (χ0v) is 12.3. The fraction of sp³-hybridized carbons (Fsp3) is 0.909. The van der Waals surface area contributed by atoms with E-state index in [0.717, 1.165) is 0 Å². The average Bonchev–Trinajstić information content (AvgIpc) is 2.38. The van der Waals surface area contributed by atoms with Crippen molar-refractivity contribution < 1.29 is 29.2 Å². The molecule has 0 aliphatic carbocycles. The summed E-state index contributed by atoms with van der Waals surface area (Å²) in [6.07, 6.45) is -4.74. The molecule has 2 N–H and O–H groups in total. The van der Waals surface area contributed by atoms with E-state index in [0.29, 0.717) is 0 Å². The molecule has 1 saturated heterocycles. The minimum absolute atomic E-state index is 0.142. The Hall–Kier alpha value is -0.510. The molecule has 5 unspecified atom stereocenters. The predicted molar refractivity (Wildman–Crippen MR) is 70.7 cm³/mol. The van der Waals surface area contributed by atoms with Crippen molar-refractivity contribution in [3.63, 3.8) is 0 Å². The number of methoxy groups -OCH3 is 2. The van der Waals surface area contributed by atoms with Gasteiger partial charge in [-0.05, 0) is 12.2 Å². The average molecular weight is 295 g/mol. The van der Waals surface area contributed by atoms with Gasteiger partial charge in [-0.15, -0.1) is 0 Å². The molecule has 19 heavy (non-hydrogen) atoms. The Kier molecular flexibility index (Phi) is 6.37. The molecule has 0 spiro atoms. The molecule has 0 radical (unpaired) electrons. The third-order valence-corrected chi connectivity index (χ3v) is 3.27. The van der Waals surface area contributed by atoms with Crippen LogP contribution in [0.1, 0.15) is 0 Å². The number of rotatable bonds is 4. The van der Waals surface area contributed by atoms with Crippen LogP contribution in [0, 0.1) is 0 Å². The lowest BCUT2D eigenvalue weighted by molar-refractivity contribution is -0.292. The van der Waals surface area contributed by atoms with Gasteiger partial charge in [0.1, 0.15) is 18.3 Å². The first-order chi connectivity index (χ1) is 8.92. The summed E-state index contributed by atoms with van der Waals surface area (Å²) in [6, 6.07) is 0. The molecule has 0 aromatic heterocycles. The molecule has 0 saturated carbocycles. The summed E-state index contributed by atoms with van der Waals surface area (Å²) in [5.74, 6) is 0. The largest absolute Gasteiger partial charge is 0.459 e. The summed E-state index contributed by atoms with van der Waals surface area (Å²) >= 11 is 5.01. The van der Waals surface area contributed by atoms with Crippen molar-refractivity contribution in [2.24, 2.45) is 0 Å². The molecule has 1 heterocycles. The van der Waals surface area contributed by atoms with Gasteiger partial charge in [0.25, 0.3) is 5.17 Å². The maximum Gasteiger partial charge on any atom is 0.259 e. The molecule has 5 atom stereocenters. The molecule has 112 valence electrons. The molecule has 0 aromatic carbocycles. The van der Waals surface area contributed by atoms with E-state index in [1.54, 1.807) is 19.0 Å². The molecule has 0 aromatic rings. The second-order valence-electron chi connectivity index (χ2n) is 4.46. The minimum Gasteiger partial charge on any atom is -0.459 e. The number of nitrogens with zero attached hydrogens (tertiary/aromatic N) is 1. The van der Waals surface area contributed by atoms with Crippen LogP contribution in [0.15, 0.2) is 0 Å². The van der Waals surface area contributed by atoms with Gasteiger partial charge in [0.2, 0.25) is 0 Å². The number of aliphatic hydroxyl groups is 2. The number of ether oxygens (including phenoxy) is 4. The fourth-order valence-corrected chi connectivity index (χ4v) is 1.86. The summed E-state index contributed by atoms with van der Waals surface area (Å²) < 4.78 is 21.0. The van der Waals surface area contributed by atoms with Crippen LogP contribution in [0.2, 0.25) is 0 Å². The maximum absolute atomic E-state index is 10.1. The summed E-state index contributed by atoms with van der Waals surface area (Å²) in [7, 11) is 6.33. The second kappa shape index (κ2) is 7.32. The van der Waals surface area contributed by atoms with Crippen LogP contribution in [0.3, 0.4) is 0 Å². The molecule has 0 bridgehead atoms. The third kappa shape index (κ3) is 3.98. The van der Waals surface area contributed by atoms with E-state index in [2.05, 4.69) is 0 Å². The molecule has 1 rings (SSSR count). The van der Waals surface area contributed by atoms with Gasteiger partial charge in [0.05, 0.1) is 6.61 Å². The maximum atomic E-state index is 10.1. The Morgan fingerprint density at radius 3 is 2.37 bits per heavy atom. The Bertz CT molecular complexity index is 301. The molecule has 1 aliphatic heterocycles. The Morgan fingerprint density at radius 2 is 1.89 bits per heavy atom. The highest BCUT2D eigenvalue weighted by atomic mass is 32.1. The highest BCUT2D eigenvalue weighted by Crippen LogP contribution is 2.24. The van der Waals surface area contributed by atoms with Crippen LogP contribution in [0.25, 0.3) is 0 Å². The second-order valence-corrected chi connectivity index (χ2v) is 4.81. The minimum atomic E-state index is -1.18. The van der Waals surface area contributed by atoms with Crippen LogP contribution >= 0.6 is 12.2 Å². The summed E-state index contributed by atoms with van der Waals surface area (Å²) in [4.78, 5) is 1.57. The van der Waals surface area contributed by atoms with Crippen LogP contribution in [-0.4, -0.2) is 85.9 Å². The first-order valence-corrected chi connectivity index (χ1v) is 6.24. The first kappa shape index (κ1) is 16.5. The van der Waals surface area contributed by atoms with E-state index in [9.17, 15) is 10.2 Å². The topological polar surface area (TPSA) is 80.6 Å². The van der Waals surface area contributed by atoms with Gasteiger partial charge >= 0.3 is 0 Å². The van der Waals surface area contributed by atoms with Crippen molar-refractivity contribution in [1.29, 1.82) is 0 Å². The fourth-order valence-electron chi connectivity index (χ4n) is 1.74. The van der Waals surface area contributed by atoms with E-state index >= 15 is 0 Å². The van der Waals surface area contributed by atoms with Crippen molar-refractivity contribution in [2.75, 3.05) is 34.9 Å². The van der Waals surface area contributed by atoms with Gasteiger partial charge in [0.15, 0.2) is 12.4 Å². The number of hydrogen-bond donors (Lipinski definition) is 2. The van der Waals surface area contributed by atoms with Crippen LogP contribution in [-0.2, 0) is 18.9 Å². The Morgan fingerprint density at radius 1 is 1.26 bits per heavy atom. The summed E-state index contributed by atoms with van der Waals surface area (Å²) in [5.41, 5.74) is 0. The van der Waals surface area contributed by atoms with Gasteiger partial charge in [-0.25, -0.2) is 0 Å². The summed E-state index contributed by atoms with van der Waals surface area (Å²) in [5, 5.41) is 20.2. The molecule has 7 nitrogen and oxygen atoms in total. The Labute approximate surface area is 118 Å². The number of hydrogen-bond acceptors (Lipinski definition) is 7. The highest BCUT2D eigenvalue weighted by molar-refractivity contribution is 7.80. The van der Waals surface area contributed by atoms with E-state index in [1.807, 2.05) is 0 Å². The zero-order chi connectivity index (χ0) is 14.6. The molecular weight excluding hydrogens is 274 g/mol. The monoisotopic (exact) mass is 295 g/mol. The standard InChI is InChI=1S/C11H21NO6S/c1-12(2)11(19)18-9-8(14)7(13)6(5-15-3)17-10(9)16-4/h6-10,13-14H,5H2,1-4H3. The Balaban J connectivity index is 2.77. The normalized spacial score (nSPS) is 34.9. The SMILES string of the molecule is COCC1OC(OC)C(OC(=S)N(C)C)C(O)C1O. The van der Waals surface area contributed by atoms with Gasteiger partial charge in [0, 0.05) is 28.3 Å². The van der Waals surface area contributed by atoms with Crippen LogP contribution in [0.4, 0.5) is 0 Å². The molecule has 1 aliphatic rings. The lowest BCUT2D eigenvalue weighted by atomic mass is 9.99. The van der Waals surface area contributed by atoms with Crippen LogP contribution in [0.5, 0.6) is 0 Å². The van der Waals surface area contributed by atoms with Crippen molar-refractivity contribution in [1.82, 2.24) is 4.90 Å². The van der Waals surface area contributed by atoms with Crippen LogP contribution < -0.4 is 0 Å². The van der Waals surface area contributed by atoms with Gasteiger partial charge in [-0.2, -0.15) is 0 Å². The molecule has 8 heteroatoms. The summed E-state index contributed by atoms with van der Waals surface area (Å²) in [6.45, 7) is 0.142. The van der Waals surface area contributed by atoms with Gasteiger partial charge < -0.3 is 34.1 Å². The molecule has 0 amide bonds. The number of aliphatic hydroxyl groups excluding tert-OH is 2. The van der Waals surface area contributed by atoms with Crippen molar-refractivity contribution in [3.8, 4) is 0 Å². The van der Waals surface area contributed by atoms with E-state index < -0.39 is 30.7 Å². The predicted octanol–water partition coefficient (Wildman–Crippen LogP) is -1.04.